The number of nitrogens with zero attached hydrogens (tertiary/aromatic N) is 2. The molecule has 4 aliphatic rings. The first kappa shape index (κ1) is 20.2. The maximum atomic E-state index is 13.7. The minimum Gasteiger partial charge on any atom is -0.459 e. The van der Waals surface area contributed by atoms with E-state index >= 15 is 0 Å². The third-order valence-corrected chi connectivity index (χ3v) is 9.27. The van der Waals surface area contributed by atoms with Crippen molar-refractivity contribution in [1.29, 1.82) is 0 Å². The number of Topliss-reactive ketones (excluding diaryl/α,β-unsaturated/α-hetero) is 2. The van der Waals surface area contributed by atoms with Crippen LogP contribution in [0.15, 0.2) is 53.3 Å². The summed E-state index contributed by atoms with van der Waals surface area (Å²) in [5.41, 5.74) is 3.99. The van der Waals surface area contributed by atoms with Crippen LogP contribution in [-0.2, 0) is 11.3 Å². The zero-order valence-electron chi connectivity index (χ0n) is 19.7. The van der Waals surface area contributed by atoms with Gasteiger partial charge in [-0.15, -0.1) is 0 Å². The predicted molar refractivity (Wildman–Crippen MR) is 130 cm³/mol. The van der Waals surface area contributed by atoms with Crippen molar-refractivity contribution < 1.29 is 14.0 Å². The Kier molecular flexibility index (Phi) is 3.84. The monoisotopic (exact) mass is 452 g/mol. The molecule has 0 saturated heterocycles. The molecular weight excluding hydrogens is 424 g/mol. The number of rotatable bonds is 7. The fourth-order valence-corrected chi connectivity index (χ4v) is 7.13. The molecule has 172 valence electrons. The van der Waals surface area contributed by atoms with Crippen LogP contribution >= 0.6 is 0 Å². The van der Waals surface area contributed by atoms with Crippen molar-refractivity contribution in [2.75, 3.05) is 0 Å². The van der Waals surface area contributed by atoms with Crippen molar-refractivity contribution in [2.45, 2.75) is 58.9 Å². The Morgan fingerprint density at radius 2 is 1.85 bits per heavy atom. The predicted octanol–water partition coefficient (Wildman–Crippen LogP) is 6.25. The molecule has 2 bridgehead atoms. The number of furan rings is 1. The Labute approximate surface area is 198 Å². The van der Waals surface area contributed by atoms with E-state index in [9.17, 15) is 9.59 Å². The number of aryl methyl sites for hydroxylation is 1. The smallest absolute Gasteiger partial charge is 0.167 e. The maximum Gasteiger partial charge on any atom is 0.167 e. The first-order valence-corrected chi connectivity index (χ1v) is 12.3. The molecule has 1 aromatic carbocycles. The Morgan fingerprint density at radius 3 is 2.59 bits per heavy atom. The highest BCUT2D eigenvalue weighted by molar-refractivity contribution is 6.07. The lowest BCUT2D eigenvalue weighted by atomic mass is 9.30. The largest absolute Gasteiger partial charge is 0.459 e. The van der Waals surface area contributed by atoms with E-state index in [1.807, 2.05) is 24.5 Å². The van der Waals surface area contributed by atoms with Crippen LogP contribution in [0.4, 0.5) is 0 Å². The maximum absolute atomic E-state index is 13.7. The zero-order chi connectivity index (χ0) is 23.3. The molecule has 0 aliphatic heterocycles. The zero-order valence-corrected chi connectivity index (χ0v) is 19.7. The summed E-state index contributed by atoms with van der Waals surface area (Å²) >= 11 is 0. The van der Waals surface area contributed by atoms with Gasteiger partial charge < -0.3 is 8.98 Å². The van der Waals surface area contributed by atoms with Gasteiger partial charge in [0.1, 0.15) is 17.1 Å². The molecule has 4 fully saturated rings. The molecule has 3 aromatic heterocycles. The second kappa shape index (κ2) is 6.47. The van der Waals surface area contributed by atoms with Crippen LogP contribution in [0.3, 0.4) is 0 Å². The van der Waals surface area contributed by atoms with Gasteiger partial charge in [-0.3, -0.25) is 14.6 Å². The molecule has 34 heavy (non-hydrogen) atoms. The first-order valence-electron chi connectivity index (χ1n) is 12.3. The number of carbonyl (C=O) groups excluding carboxylic acids is 2. The Hall–Kier alpha value is -3.21. The number of hydrogen-bond acceptors (Lipinski definition) is 4. The number of fused-ring (bicyclic) bond motifs is 2. The second-order valence-electron chi connectivity index (χ2n) is 11.3. The average molecular weight is 453 g/mol. The van der Waals surface area contributed by atoms with Crippen LogP contribution in [0.25, 0.3) is 21.9 Å². The number of pyridine rings is 1. The van der Waals surface area contributed by atoms with Gasteiger partial charge in [-0.1, -0.05) is 11.6 Å². The normalized spacial score (nSPS) is 26.3. The Morgan fingerprint density at radius 1 is 1.06 bits per heavy atom. The standard InChI is InChI=1S/C29H28N2O3/c1-18-3-4-25-21(9-18)10-22(34-25)14-31-8-5-20-12-30-13-23(26(20)31)24(33)11-28(6-7-28)29-15-27(16-29,17-29)19(2)32/h3-5,8-10,12-13H,6-7,11,14-17H2,1-2H3. The first-order chi connectivity index (χ1) is 16.3. The number of benzene rings is 1. The van der Waals surface area contributed by atoms with Gasteiger partial charge in [0.05, 0.1) is 17.6 Å². The van der Waals surface area contributed by atoms with Crippen LogP contribution < -0.4 is 0 Å². The van der Waals surface area contributed by atoms with E-state index in [0.29, 0.717) is 24.3 Å². The molecule has 0 unspecified atom stereocenters. The molecule has 8 rings (SSSR count). The highest BCUT2D eigenvalue weighted by Gasteiger charge is 2.79. The average Bonchev–Trinajstić information content (AvgIpc) is 3.21. The van der Waals surface area contributed by atoms with E-state index in [2.05, 4.69) is 34.7 Å². The minimum atomic E-state index is -0.0555. The molecule has 0 radical (unpaired) electrons. The summed E-state index contributed by atoms with van der Waals surface area (Å²) in [7, 11) is 0. The number of ketones is 2. The molecule has 4 saturated carbocycles. The van der Waals surface area contributed by atoms with Gasteiger partial charge in [0.15, 0.2) is 5.78 Å². The van der Waals surface area contributed by atoms with E-state index in [1.165, 1.54) is 5.56 Å². The van der Waals surface area contributed by atoms with E-state index in [1.54, 1.807) is 13.1 Å². The third kappa shape index (κ3) is 2.64. The number of carbonyl (C=O) groups is 2. The van der Waals surface area contributed by atoms with Gasteiger partial charge in [-0.05, 0) is 81.0 Å². The van der Waals surface area contributed by atoms with Gasteiger partial charge in [-0.25, -0.2) is 0 Å². The van der Waals surface area contributed by atoms with E-state index in [0.717, 1.165) is 59.7 Å². The fourth-order valence-electron chi connectivity index (χ4n) is 7.13. The lowest BCUT2D eigenvalue weighted by Gasteiger charge is -2.73. The summed E-state index contributed by atoms with van der Waals surface area (Å²) in [6.07, 6.45) is 11.3. The molecule has 4 aliphatic carbocycles. The van der Waals surface area contributed by atoms with Crippen LogP contribution in [0.2, 0.25) is 0 Å². The van der Waals surface area contributed by atoms with Crippen LogP contribution in [-0.4, -0.2) is 21.1 Å². The Balaban J connectivity index is 1.18. The van der Waals surface area contributed by atoms with E-state index in [4.69, 9.17) is 4.42 Å². The van der Waals surface area contributed by atoms with E-state index in [-0.39, 0.29) is 22.0 Å². The summed E-state index contributed by atoms with van der Waals surface area (Å²) in [5.74, 6) is 1.39. The van der Waals surface area contributed by atoms with Crippen LogP contribution in [0.5, 0.6) is 0 Å². The number of aromatic nitrogens is 2. The highest BCUT2D eigenvalue weighted by Crippen LogP contribution is 2.85. The fraction of sp³-hybridized carbons (Fsp3) is 0.414. The lowest BCUT2D eigenvalue weighted by Crippen LogP contribution is -2.68. The molecule has 3 heterocycles. The lowest BCUT2D eigenvalue weighted by molar-refractivity contribution is -0.233. The molecule has 4 aromatic rings. The summed E-state index contributed by atoms with van der Waals surface area (Å²) in [6, 6.07) is 10.3. The van der Waals surface area contributed by atoms with Crippen molar-refractivity contribution in [1.82, 2.24) is 9.55 Å². The summed E-state index contributed by atoms with van der Waals surface area (Å²) < 4.78 is 8.20. The van der Waals surface area contributed by atoms with Gasteiger partial charge in [0.25, 0.3) is 0 Å². The molecule has 0 atom stereocenters. The van der Waals surface area contributed by atoms with Crippen molar-refractivity contribution in [3.63, 3.8) is 0 Å². The Bertz CT molecular complexity index is 1500. The molecule has 5 nitrogen and oxygen atoms in total. The molecule has 0 N–H and O–H groups in total. The SMILES string of the molecule is CC(=O)C12CC(C3(CC(=O)c4cncc5ccn(Cc6cc7cc(C)ccc7o6)c45)CC3)(C1)C2. The quantitative estimate of drug-likeness (QED) is 0.311. The van der Waals surface area contributed by atoms with Crippen LogP contribution in [0.1, 0.15) is 67.1 Å². The van der Waals surface area contributed by atoms with E-state index < -0.39 is 0 Å². The highest BCUT2D eigenvalue weighted by atomic mass is 16.3. The molecule has 0 spiro atoms. The topological polar surface area (TPSA) is 65.1 Å². The van der Waals surface area contributed by atoms with Crippen molar-refractivity contribution in [3.8, 4) is 0 Å². The summed E-state index contributed by atoms with van der Waals surface area (Å²) in [4.78, 5) is 30.1. The number of hydrogen-bond donors (Lipinski definition) is 0. The van der Waals surface area contributed by atoms with Crippen molar-refractivity contribution in [2.24, 2.45) is 16.2 Å². The van der Waals surface area contributed by atoms with Crippen LogP contribution in [0, 0.1) is 23.2 Å². The molecular formula is C29H28N2O3. The summed E-state index contributed by atoms with van der Waals surface area (Å²) in [6.45, 7) is 4.38. The van der Waals surface area contributed by atoms with Gasteiger partial charge in [0.2, 0.25) is 0 Å². The van der Waals surface area contributed by atoms with Gasteiger partial charge >= 0.3 is 0 Å². The van der Waals surface area contributed by atoms with Crippen molar-refractivity contribution in [3.05, 3.63) is 65.8 Å². The van der Waals surface area contributed by atoms with Crippen molar-refractivity contribution >= 4 is 33.4 Å². The molecule has 5 heteroatoms. The molecule has 0 amide bonds. The van der Waals surface area contributed by atoms with Gasteiger partial charge in [0, 0.05) is 41.2 Å². The second-order valence-corrected chi connectivity index (χ2v) is 11.3. The third-order valence-electron chi connectivity index (χ3n) is 9.27. The van der Waals surface area contributed by atoms with Gasteiger partial charge in [-0.2, -0.15) is 0 Å². The summed E-state index contributed by atoms with van der Waals surface area (Å²) in [5, 5.41) is 2.07. The minimum absolute atomic E-state index is 0.0555.